The molecule has 16 heavy (non-hydrogen) atoms. The van der Waals surface area contributed by atoms with E-state index in [9.17, 15) is 9.59 Å². The summed E-state index contributed by atoms with van der Waals surface area (Å²) in [6, 6.07) is 0. The Balaban J connectivity index is 3.85. The molecule has 0 aromatic rings. The van der Waals surface area contributed by atoms with Gasteiger partial charge in [0.25, 0.3) is 0 Å². The minimum Gasteiger partial charge on any atom is -0.469 e. The Morgan fingerprint density at radius 1 is 1.44 bits per heavy atom. The fourth-order valence-corrected chi connectivity index (χ4v) is 1.15. The van der Waals surface area contributed by atoms with Crippen LogP contribution in [0.15, 0.2) is 0 Å². The van der Waals surface area contributed by atoms with Gasteiger partial charge in [-0.25, -0.2) is 0 Å². The van der Waals surface area contributed by atoms with Crippen molar-refractivity contribution in [2.24, 2.45) is 11.1 Å². The maximum Gasteiger partial charge on any atom is 0.305 e. The van der Waals surface area contributed by atoms with Crippen LogP contribution in [-0.4, -0.2) is 32.1 Å². The standard InChI is InChI=1S/C11H22N2O3/c1-4-11(2,8-12)10(15)13-7-5-6-9(14)16-3/h4-8,12H2,1-3H3,(H,13,15). The van der Waals surface area contributed by atoms with Crippen molar-refractivity contribution in [3.8, 4) is 0 Å². The van der Waals surface area contributed by atoms with Gasteiger partial charge in [0.15, 0.2) is 0 Å². The monoisotopic (exact) mass is 230 g/mol. The van der Waals surface area contributed by atoms with E-state index in [0.29, 0.717) is 32.4 Å². The highest BCUT2D eigenvalue weighted by Gasteiger charge is 2.28. The van der Waals surface area contributed by atoms with Crippen molar-refractivity contribution in [1.29, 1.82) is 0 Å². The average Bonchev–Trinajstić information content (AvgIpc) is 2.32. The number of esters is 1. The third kappa shape index (κ3) is 4.61. The van der Waals surface area contributed by atoms with E-state index < -0.39 is 5.41 Å². The molecule has 0 bridgehead atoms. The van der Waals surface area contributed by atoms with Crippen LogP contribution < -0.4 is 11.1 Å². The van der Waals surface area contributed by atoms with Crippen LogP contribution >= 0.6 is 0 Å². The molecule has 1 amide bonds. The number of nitrogens with two attached hydrogens (primary N) is 1. The Morgan fingerprint density at radius 3 is 2.50 bits per heavy atom. The van der Waals surface area contributed by atoms with Gasteiger partial charge in [-0.15, -0.1) is 0 Å². The highest BCUT2D eigenvalue weighted by Crippen LogP contribution is 2.18. The number of ether oxygens (including phenoxy) is 1. The molecule has 0 spiro atoms. The first-order chi connectivity index (χ1) is 7.50. The second-order valence-electron chi connectivity index (χ2n) is 4.05. The van der Waals surface area contributed by atoms with Crippen LogP contribution in [0.25, 0.3) is 0 Å². The van der Waals surface area contributed by atoms with Gasteiger partial charge >= 0.3 is 5.97 Å². The third-order valence-corrected chi connectivity index (χ3v) is 2.85. The zero-order valence-corrected chi connectivity index (χ0v) is 10.3. The lowest BCUT2D eigenvalue weighted by molar-refractivity contribution is -0.141. The van der Waals surface area contributed by atoms with Crippen LogP contribution in [0.5, 0.6) is 0 Å². The first-order valence-electron chi connectivity index (χ1n) is 5.55. The number of hydrogen-bond donors (Lipinski definition) is 2. The molecule has 0 saturated heterocycles. The third-order valence-electron chi connectivity index (χ3n) is 2.85. The summed E-state index contributed by atoms with van der Waals surface area (Å²) in [6.07, 6.45) is 1.61. The molecule has 0 rings (SSSR count). The highest BCUT2D eigenvalue weighted by molar-refractivity contribution is 5.82. The lowest BCUT2D eigenvalue weighted by Gasteiger charge is -2.24. The molecular formula is C11H22N2O3. The summed E-state index contributed by atoms with van der Waals surface area (Å²) in [5.41, 5.74) is 5.05. The molecule has 1 atom stereocenters. The quantitative estimate of drug-likeness (QED) is 0.491. The SMILES string of the molecule is CCC(C)(CN)C(=O)NCCCC(=O)OC. The van der Waals surface area contributed by atoms with Gasteiger partial charge in [-0.1, -0.05) is 6.92 Å². The number of hydrogen-bond acceptors (Lipinski definition) is 4. The molecule has 0 aromatic heterocycles. The van der Waals surface area contributed by atoms with E-state index in [1.807, 2.05) is 13.8 Å². The van der Waals surface area contributed by atoms with Crippen LogP contribution in [0, 0.1) is 5.41 Å². The number of rotatable bonds is 7. The maximum absolute atomic E-state index is 11.7. The van der Waals surface area contributed by atoms with Gasteiger partial charge in [-0.2, -0.15) is 0 Å². The minimum atomic E-state index is -0.509. The second-order valence-corrected chi connectivity index (χ2v) is 4.05. The van der Waals surface area contributed by atoms with Crippen LogP contribution in [0.4, 0.5) is 0 Å². The highest BCUT2D eigenvalue weighted by atomic mass is 16.5. The van der Waals surface area contributed by atoms with E-state index in [0.717, 1.165) is 0 Å². The van der Waals surface area contributed by atoms with Gasteiger partial charge in [-0.3, -0.25) is 9.59 Å². The summed E-state index contributed by atoms with van der Waals surface area (Å²) in [7, 11) is 1.35. The predicted molar refractivity (Wildman–Crippen MR) is 61.7 cm³/mol. The Hall–Kier alpha value is -1.10. The van der Waals surface area contributed by atoms with Gasteiger partial charge in [0.1, 0.15) is 0 Å². The molecular weight excluding hydrogens is 208 g/mol. The zero-order chi connectivity index (χ0) is 12.6. The lowest BCUT2D eigenvalue weighted by atomic mass is 9.86. The summed E-state index contributed by atoms with van der Waals surface area (Å²) in [4.78, 5) is 22.5. The Labute approximate surface area is 96.7 Å². The first-order valence-corrected chi connectivity index (χ1v) is 5.55. The lowest BCUT2D eigenvalue weighted by Crippen LogP contribution is -2.43. The molecule has 0 saturated carbocycles. The molecule has 0 heterocycles. The average molecular weight is 230 g/mol. The summed E-state index contributed by atoms with van der Waals surface area (Å²) >= 11 is 0. The van der Waals surface area contributed by atoms with Crippen molar-refractivity contribution in [1.82, 2.24) is 5.32 Å². The van der Waals surface area contributed by atoms with Crippen molar-refractivity contribution < 1.29 is 14.3 Å². The van der Waals surface area contributed by atoms with E-state index in [2.05, 4.69) is 10.1 Å². The molecule has 0 aliphatic rings. The Morgan fingerprint density at radius 2 is 2.06 bits per heavy atom. The molecule has 0 aromatic carbocycles. The van der Waals surface area contributed by atoms with Gasteiger partial charge in [0.2, 0.25) is 5.91 Å². The number of methoxy groups -OCH3 is 1. The van der Waals surface area contributed by atoms with Crippen LogP contribution in [0.2, 0.25) is 0 Å². The fraction of sp³-hybridized carbons (Fsp3) is 0.818. The van der Waals surface area contributed by atoms with Crippen molar-refractivity contribution in [2.45, 2.75) is 33.1 Å². The second kappa shape index (κ2) is 7.22. The van der Waals surface area contributed by atoms with E-state index in [1.54, 1.807) is 0 Å². The smallest absolute Gasteiger partial charge is 0.305 e. The summed E-state index contributed by atoms with van der Waals surface area (Å²) in [5.74, 6) is -0.311. The topological polar surface area (TPSA) is 81.4 Å². The van der Waals surface area contributed by atoms with Crippen molar-refractivity contribution in [3.05, 3.63) is 0 Å². The summed E-state index contributed by atoms with van der Waals surface area (Å²) in [6.45, 7) is 4.57. The minimum absolute atomic E-state index is 0.0534. The molecule has 5 heteroatoms. The summed E-state index contributed by atoms with van der Waals surface area (Å²) in [5, 5.41) is 2.78. The molecule has 0 aliphatic carbocycles. The van der Waals surface area contributed by atoms with Crippen LogP contribution in [0.3, 0.4) is 0 Å². The van der Waals surface area contributed by atoms with Gasteiger partial charge in [-0.05, 0) is 19.8 Å². The Kier molecular flexibility index (Phi) is 6.72. The number of carbonyl (C=O) groups is 2. The van der Waals surface area contributed by atoms with Crippen molar-refractivity contribution >= 4 is 11.9 Å². The van der Waals surface area contributed by atoms with Crippen molar-refractivity contribution in [3.63, 3.8) is 0 Å². The molecule has 0 radical (unpaired) electrons. The van der Waals surface area contributed by atoms with E-state index >= 15 is 0 Å². The fourth-order valence-electron chi connectivity index (χ4n) is 1.15. The molecule has 5 nitrogen and oxygen atoms in total. The van der Waals surface area contributed by atoms with E-state index in [-0.39, 0.29) is 11.9 Å². The molecule has 94 valence electrons. The van der Waals surface area contributed by atoms with E-state index in [4.69, 9.17) is 5.73 Å². The molecule has 0 aliphatic heterocycles. The Bertz CT molecular complexity index is 237. The largest absolute Gasteiger partial charge is 0.469 e. The normalized spacial score (nSPS) is 14.0. The zero-order valence-electron chi connectivity index (χ0n) is 10.3. The number of amides is 1. The first kappa shape index (κ1) is 14.9. The van der Waals surface area contributed by atoms with Gasteiger partial charge < -0.3 is 15.8 Å². The number of nitrogens with one attached hydrogen (secondary N) is 1. The van der Waals surface area contributed by atoms with Gasteiger partial charge in [0.05, 0.1) is 12.5 Å². The van der Waals surface area contributed by atoms with Crippen LogP contribution in [0.1, 0.15) is 33.1 Å². The van der Waals surface area contributed by atoms with Crippen molar-refractivity contribution in [2.75, 3.05) is 20.2 Å². The maximum atomic E-state index is 11.7. The van der Waals surface area contributed by atoms with E-state index in [1.165, 1.54) is 7.11 Å². The predicted octanol–water partition coefficient (Wildman–Crippen LogP) is 0.431. The molecule has 1 unspecified atom stereocenters. The summed E-state index contributed by atoms with van der Waals surface area (Å²) < 4.78 is 4.50. The molecule has 3 N–H and O–H groups in total. The number of carbonyl (C=O) groups excluding carboxylic acids is 2. The van der Waals surface area contributed by atoms with Crippen LogP contribution in [-0.2, 0) is 14.3 Å². The van der Waals surface area contributed by atoms with Gasteiger partial charge in [0, 0.05) is 19.5 Å². The molecule has 0 fully saturated rings.